The number of para-hydroxylation sites is 5. The van der Waals surface area contributed by atoms with Crippen LogP contribution in [0.25, 0.3) is 108 Å². The minimum Gasteiger partial charge on any atom is -0.455 e. The van der Waals surface area contributed by atoms with Crippen LogP contribution in [0, 0.1) is 0 Å². The minimum atomic E-state index is 0.922. The van der Waals surface area contributed by atoms with Crippen molar-refractivity contribution >= 4 is 97.1 Å². The molecule has 0 saturated heterocycles. The van der Waals surface area contributed by atoms with E-state index >= 15 is 0 Å². The lowest BCUT2D eigenvalue weighted by atomic mass is 10.00. The SMILES string of the molecule is c1ccc(-n2c3ccccc3c3c2ccc2c4ccccc4n(-c4ccc5sc6c(-c7cccc8c7oc7ccccc78)cccc6c5c4)c23)cc1. The van der Waals surface area contributed by atoms with E-state index in [-0.39, 0.29) is 0 Å². The third-order valence-electron chi connectivity index (χ3n) is 10.9. The molecule has 0 radical (unpaired) electrons. The van der Waals surface area contributed by atoms with Crippen molar-refractivity contribution < 1.29 is 4.42 Å². The summed E-state index contributed by atoms with van der Waals surface area (Å²) in [6.45, 7) is 0. The smallest absolute Gasteiger partial charge is 0.143 e. The van der Waals surface area contributed by atoms with E-state index in [2.05, 4.69) is 173 Å². The maximum Gasteiger partial charge on any atom is 0.143 e. The molecule has 242 valence electrons. The summed E-state index contributed by atoms with van der Waals surface area (Å²) in [6.07, 6.45) is 0. The van der Waals surface area contributed by atoms with Gasteiger partial charge in [-0.1, -0.05) is 115 Å². The number of hydrogen-bond donors (Lipinski definition) is 0. The Morgan fingerprint density at radius 2 is 1.10 bits per heavy atom. The van der Waals surface area contributed by atoms with E-state index in [1.807, 2.05) is 17.4 Å². The summed E-state index contributed by atoms with van der Waals surface area (Å²) in [4.78, 5) is 0. The fourth-order valence-electron chi connectivity index (χ4n) is 8.73. The van der Waals surface area contributed by atoms with Crippen LogP contribution >= 0.6 is 11.3 Å². The first-order valence-corrected chi connectivity index (χ1v) is 18.5. The van der Waals surface area contributed by atoms with Gasteiger partial charge in [0.05, 0.1) is 22.1 Å². The van der Waals surface area contributed by atoms with Crippen molar-refractivity contribution in [1.82, 2.24) is 9.13 Å². The molecule has 0 fully saturated rings. The number of rotatable bonds is 3. The fraction of sp³-hybridized carbons (Fsp3) is 0. The van der Waals surface area contributed by atoms with E-state index in [4.69, 9.17) is 4.42 Å². The largest absolute Gasteiger partial charge is 0.455 e. The number of fused-ring (bicyclic) bond motifs is 13. The lowest BCUT2D eigenvalue weighted by Crippen LogP contribution is -1.95. The predicted octanol–water partition coefficient (Wildman–Crippen LogP) is 13.8. The van der Waals surface area contributed by atoms with Gasteiger partial charge in [-0.25, -0.2) is 0 Å². The van der Waals surface area contributed by atoms with Crippen LogP contribution in [-0.4, -0.2) is 9.13 Å². The second-order valence-electron chi connectivity index (χ2n) is 13.6. The summed E-state index contributed by atoms with van der Waals surface area (Å²) in [7, 11) is 0. The van der Waals surface area contributed by atoms with Crippen LogP contribution in [0.4, 0.5) is 0 Å². The van der Waals surface area contributed by atoms with Crippen molar-refractivity contribution in [3.63, 3.8) is 0 Å². The Labute approximate surface area is 301 Å². The van der Waals surface area contributed by atoms with Crippen molar-refractivity contribution in [3.8, 4) is 22.5 Å². The molecule has 0 saturated carbocycles. The van der Waals surface area contributed by atoms with Crippen LogP contribution in [0.1, 0.15) is 0 Å². The normalized spacial score (nSPS) is 12.2. The maximum atomic E-state index is 6.51. The average molecular weight is 681 g/mol. The lowest BCUT2D eigenvalue weighted by molar-refractivity contribution is 0.670. The van der Waals surface area contributed by atoms with Gasteiger partial charge in [0, 0.05) is 75.0 Å². The number of furan rings is 1. The van der Waals surface area contributed by atoms with Crippen molar-refractivity contribution in [2.75, 3.05) is 0 Å². The molecule has 4 heterocycles. The summed E-state index contributed by atoms with van der Waals surface area (Å²) < 4.78 is 14.0. The highest BCUT2D eigenvalue weighted by Crippen LogP contribution is 2.46. The van der Waals surface area contributed by atoms with Gasteiger partial charge >= 0.3 is 0 Å². The quantitative estimate of drug-likeness (QED) is 0.182. The molecule has 52 heavy (non-hydrogen) atoms. The molecular formula is C48H28N2OS. The Morgan fingerprint density at radius 1 is 0.404 bits per heavy atom. The molecule has 8 aromatic carbocycles. The molecule has 4 aromatic heterocycles. The van der Waals surface area contributed by atoms with E-state index < -0.39 is 0 Å². The molecule has 0 aliphatic rings. The molecule has 0 atom stereocenters. The zero-order valence-corrected chi connectivity index (χ0v) is 28.7. The third-order valence-corrected chi connectivity index (χ3v) is 12.1. The van der Waals surface area contributed by atoms with Crippen LogP contribution < -0.4 is 0 Å². The standard InChI is InChI=1S/C48H28N2OS/c1-2-12-29(13-3-1)49-41-22-8-5-16-38(41)45-42(49)26-25-33-31-14-4-7-21-40(31)50(46(33)45)30-24-27-44-39(28-30)37-20-11-19-36(48(37)52-44)35-18-10-17-34-32-15-6-9-23-43(32)51-47(34)35/h1-28H. The second-order valence-corrected chi connectivity index (χ2v) is 14.7. The van der Waals surface area contributed by atoms with Gasteiger partial charge in [-0.05, 0) is 54.6 Å². The fourth-order valence-corrected chi connectivity index (χ4v) is 9.94. The van der Waals surface area contributed by atoms with Crippen molar-refractivity contribution in [2.24, 2.45) is 0 Å². The molecule has 0 spiro atoms. The Hall–Kier alpha value is -6.62. The number of benzene rings is 8. The number of nitrogens with zero attached hydrogens (tertiary/aromatic N) is 2. The predicted molar refractivity (Wildman–Crippen MR) is 221 cm³/mol. The number of aromatic nitrogens is 2. The molecule has 3 nitrogen and oxygen atoms in total. The van der Waals surface area contributed by atoms with E-state index in [9.17, 15) is 0 Å². The van der Waals surface area contributed by atoms with Gasteiger partial charge in [-0.3, -0.25) is 0 Å². The molecule has 0 bridgehead atoms. The van der Waals surface area contributed by atoms with Gasteiger partial charge in [0.2, 0.25) is 0 Å². The van der Waals surface area contributed by atoms with Crippen LogP contribution in [0.15, 0.2) is 174 Å². The Kier molecular flexibility index (Phi) is 5.65. The van der Waals surface area contributed by atoms with Crippen LogP contribution in [0.3, 0.4) is 0 Å². The van der Waals surface area contributed by atoms with Gasteiger partial charge in [0.25, 0.3) is 0 Å². The highest BCUT2D eigenvalue weighted by atomic mass is 32.1. The Bertz CT molecular complexity index is 3410. The molecular weight excluding hydrogens is 653 g/mol. The number of thiophene rings is 1. The van der Waals surface area contributed by atoms with Crippen LogP contribution in [-0.2, 0) is 0 Å². The zero-order valence-electron chi connectivity index (χ0n) is 27.9. The van der Waals surface area contributed by atoms with Gasteiger partial charge in [0.15, 0.2) is 0 Å². The summed E-state index contributed by atoms with van der Waals surface area (Å²) in [5.74, 6) is 0. The van der Waals surface area contributed by atoms with E-state index in [0.717, 1.165) is 38.9 Å². The first-order valence-electron chi connectivity index (χ1n) is 17.7. The van der Waals surface area contributed by atoms with Crippen LogP contribution in [0.5, 0.6) is 0 Å². The lowest BCUT2D eigenvalue weighted by Gasteiger charge is -2.10. The average Bonchev–Trinajstić information content (AvgIpc) is 3.95. The van der Waals surface area contributed by atoms with E-state index in [1.165, 1.54) is 69.3 Å². The molecule has 0 unspecified atom stereocenters. The van der Waals surface area contributed by atoms with E-state index in [0.29, 0.717) is 0 Å². The number of hydrogen-bond acceptors (Lipinski definition) is 2. The van der Waals surface area contributed by atoms with Crippen LogP contribution in [0.2, 0.25) is 0 Å². The first-order chi connectivity index (χ1) is 25.8. The molecule has 12 aromatic rings. The highest BCUT2D eigenvalue weighted by Gasteiger charge is 2.22. The van der Waals surface area contributed by atoms with Gasteiger partial charge in [-0.15, -0.1) is 11.3 Å². The monoisotopic (exact) mass is 680 g/mol. The van der Waals surface area contributed by atoms with Gasteiger partial charge in [0.1, 0.15) is 11.2 Å². The third kappa shape index (κ3) is 3.74. The Balaban J connectivity index is 1.15. The highest BCUT2D eigenvalue weighted by molar-refractivity contribution is 7.26. The van der Waals surface area contributed by atoms with Gasteiger partial charge < -0.3 is 13.6 Å². The zero-order chi connectivity index (χ0) is 33.9. The summed E-state index contributed by atoms with van der Waals surface area (Å²) in [5, 5.41) is 9.87. The van der Waals surface area contributed by atoms with E-state index in [1.54, 1.807) is 0 Å². The second kappa shape index (κ2) is 10.5. The first kappa shape index (κ1) is 28.1. The van der Waals surface area contributed by atoms with Gasteiger partial charge in [-0.2, -0.15) is 0 Å². The molecule has 4 heteroatoms. The maximum absolute atomic E-state index is 6.51. The van der Waals surface area contributed by atoms with Crippen molar-refractivity contribution in [3.05, 3.63) is 170 Å². The Morgan fingerprint density at radius 3 is 1.96 bits per heavy atom. The van der Waals surface area contributed by atoms with Crippen molar-refractivity contribution in [2.45, 2.75) is 0 Å². The molecule has 0 N–H and O–H groups in total. The summed E-state index contributed by atoms with van der Waals surface area (Å²) in [6, 6.07) is 61.6. The topological polar surface area (TPSA) is 23.0 Å². The summed E-state index contributed by atoms with van der Waals surface area (Å²) in [5.41, 5.74) is 11.4. The minimum absolute atomic E-state index is 0.922. The molecule has 12 rings (SSSR count). The summed E-state index contributed by atoms with van der Waals surface area (Å²) >= 11 is 1.86. The van der Waals surface area contributed by atoms with Crippen molar-refractivity contribution in [1.29, 1.82) is 0 Å². The molecule has 0 aliphatic heterocycles. The molecule has 0 amide bonds. The molecule has 0 aliphatic carbocycles.